The third kappa shape index (κ3) is 5.28. The van der Waals surface area contributed by atoms with Gasteiger partial charge in [0.05, 0.1) is 5.92 Å². The first-order chi connectivity index (χ1) is 15.1. The second-order valence-electron chi connectivity index (χ2n) is 8.90. The predicted octanol–water partition coefficient (Wildman–Crippen LogP) is 2.28. The minimum atomic E-state index is -0.0961. The topological polar surface area (TPSA) is 75.6 Å². The molecule has 2 amide bonds. The molecule has 2 fully saturated rings. The minimum absolute atomic E-state index is 0.0175. The van der Waals surface area contributed by atoms with Crippen LogP contribution >= 0.6 is 0 Å². The molecule has 2 aliphatic rings. The van der Waals surface area contributed by atoms with E-state index in [1.54, 1.807) is 7.11 Å². The predicted molar refractivity (Wildman–Crippen MR) is 121 cm³/mol. The second-order valence-corrected chi connectivity index (χ2v) is 8.90. The molecule has 1 aliphatic carbocycles. The average molecular weight is 427 g/mol. The molecule has 2 atom stereocenters. The van der Waals surface area contributed by atoms with Crippen LogP contribution in [0.3, 0.4) is 0 Å². The fraction of sp³-hybridized carbons (Fsp3) is 0.583. The van der Waals surface area contributed by atoms with Crippen molar-refractivity contribution < 1.29 is 14.3 Å². The Balaban J connectivity index is 1.51. The smallest absolute Gasteiger partial charge is 0.227 e. The Hall–Kier alpha value is -2.38. The lowest BCUT2D eigenvalue weighted by atomic mass is 9.94. The van der Waals surface area contributed by atoms with Crippen molar-refractivity contribution >= 4 is 22.7 Å². The number of methoxy groups -OCH3 is 1. The van der Waals surface area contributed by atoms with Crippen LogP contribution in [0.4, 0.5) is 0 Å². The van der Waals surface area contributed by atoms with E-state index in [1.807, 2.05) is 0 Å². The summed E-state index contributed by atoms with van der Waals surface area (Å²) in [6.07, 6.45) is 6.02. The van der Waals surface area contributed by atoms with Crippen molar-refractivity contribution in [3.05, 3.63) is 36.0 Å². The lowest BCUT2D eigenvalue weighted by Crippen LogP contribution is -2.52. The van der Waals surface area contributed by atoms with Crippen molar-refractivity contribution in [2.75, 3.05) is 26.8 Å². The maximum absolute atomic E-state index is 13.5. The van der Waals surface area contributed by atoms with Crippen LogP contribution in [0.5, 0.6) is 0 Å². The number of ether oxygens (including phenoxy) is 1. The fourth-order valence-electron chi connectivity index (χ4n) is 4.73. The number of aromatic nitrogens is 1. The van der Waals surface area contributed by atoms with Crippen LogP contribution in [0.1, 0.15) is 38.2 Å². The molecule has 168 valence electrons. The van der Waals surface area contributed by atoms with Crippen molar-refractivity contribution in [3.8, 4) is 0 Å². The van der Waals surface area contributed by atoms with Crippen LogP contribution in [0.15, 0.2) is 30.5 Å². The number of rotatable bonds is 9. The summed E-state index contributed by atoms with van der Waals surface area (Å²) < 4.78 is 7.51. The lowest BCUT2D eigenvalue weighted by Gasteiger charge is -2.33. The molecule has 7 nitrogen and oxygen atoms in total. The number of fused-ring (bicyclic) bond motifs is 1. The molecule has 0 radical (unpaired) electrons. The standard InChI is InChI=1S/C24H34N4O3/c1-17(29)26-20-12-18(13-25-14-20)24(30)28(21-8-9-21)16-19-15-27(10-5-11-31-2)23-7-4-3-6-22(19)23/h3-4,6-7,15,18,20-21,25H,5,8-14,16H2,1-2H3,(H,26,29)/t18-,20+/m0/s1. The Morgan fingerprint density at radius 1 is 1.26 bits per heavy atom. The van der Waals surface area contributed by atoms with E-state index in [0.717, 1.165) is 39.0 Å². The van der Waals surface area contributed by atoms with Gasteiger partial charge in [-0.25, -0.2) is 0 Å². The van der Waals surface area contributed by atoms with E-state index in [-0.39, 0.29) is 23.8 Å². The number of amides is 2. The zero-order valence-electron chi connectivity index (χ0n) is 18.6. The average Bonchev–Trinajstić information content (AvgIpc) is 3.55. The number of carbonyl (C=O) groups is 2. The molecule has 0 spiro atoms. The second kappa shape index (κ2) is 9.83. The number of aryl methyl sites for hydroxylation is 1. The number of hydrogen-bond acceptors (Lipinski definition) is 4. The van der Waals surface area contributed by atoms with E-state index in [4.69, 9.17) is 4.74 Å². The Kier molecular flexibility index (Phi) is 6.92. The van der Waals surface area contributed by atoms with Gasteiger partial charge >= 0.3 is 0 Å². The molecule has 4 rings (SSSR count). The van der Waals surface area contributed by atoms with Crippen molar-refractivity contribution in [2.24, 2.45) is 5.92 Å². The highest BCUT2D eigenvalue weighted by atomic mass is 16.5. The highest BCUT2D eigenvalue weighted by Gasteiger charge is 2.38. The van der Waals surface area contributed by atoms with Crippen molar-refractivity contribution in [3.63, 3.8) is 0 Å². The zero-order valence-corrected chi connectivity index (χ0v) is 18.6. The van der Waals surface area contributed by atoms with E-state index in [0.29, 0.717) is 25.6 Å². The maximum Gasteiger partial charge on any atom is 0.227 e. The Morgan fingerprint density at radius 2 is 2.06 bits per heavy atom. The van der Waals surface area contributed by atoms with Gasteiger partial charge in [-0.1, -0.05) is 18.2 Å². The Labute approximate surface area is 184 Å². The van der Waals surface area contributed by atoms with Gasteiger partial charge in [-0.15, -0.1) is 0 Å². The quantitative estimate of drug-likeness (QED) is 0.604. The molecule has 1 saturated heterocycles. The Morgan fingerprint density at radius 3 is 2.81 bits per heavy atom. The van der Waals surface area contributed by atoms with Gasteiger partial charge in [-0.2, -0.15) is 0 Å². The summed E-state index contributed by atoms with van der Waals surface area (Å²) >= 11 is 0. The van der Waals surface area contributed by atoms with Crippen molar-refractivity contribution in [2.45, 2.75) is 57.8 Å². The minimum Gasteiger partial charge on any atom is -0.385 e. The van der Waals surface area contributed by atoms with E-state index in [1.165, 1.54) is 23.4 Å². The van der Waals surface area contributed by atoms with Gasteiger partial charge in [0.1, 0.15) is 0 Å². The summed E-state index contributed by atoms with van der Waals surface area (Å²) in [4.78, 5) is 27.1. The van der Waals surface area contributed by atoms with Crippen LogP contribution in [0, 0.1) is 5.92 Å². The summed E-state index contributed by atoms with van der Waals surface area (Å²) in [7, 11) is 1.73. The largest absolute Gasteiger partial charge is 0.385 e. The summed E-state index contributed by atoms with van der Waals surface area (Å²) in [6, 6.07) is 8.80. The number of piperidine rings is 1. The number of nitrogens with one attached hydrogen (secondary N) is 2. The van der Waals surface area contributed by atoms with Crippen LogP contribution in [0.2, 0.25) is 0 Å². The summed E-state index contributed by atoms with van der Waals surface area (Å²) in [5.74, 6) is 0.0720. The monoisotopic (exact) mass is 426 g/mol. The SMILES string of the molecule is COCCCn1cc(CN(C(=O)[C@@H]2CNC[C@H](NC(C)=O)C2)C2CC2)c2ccccc21. The first kappa shape index (κ1) is 21.8. The van der Waals surface area contributed by atoms with Gasteiger partial charge in [-0.05, 0) is 37.3 Å². The van der Waals surface area contributed by atoms with E-state index >= 15 is 0 Å². The van der Waals surface area contributed by atoms with Crippen LogP contribution < -0.4 is 10.6 Å². The highest BCUT2D eigenvalue weighted by Crippen LogP contribution is 2.33. The van der Waals surface area contributed by atoms with Gasteiger partial charge in [-0.3, -0.25) is 9.59 Å². The van der Waals surface area contributed by atoms with Gasteiger partial charge < -0.3 is 24.8 Å². The third-order valence-electron chi connectivity index (χ3n) is 6.34. The summed E-state index contributed by atoms with van der Waals surface area (Å²) in [5.41, 5.74) is 2.41. The van der Waals surface area contributed by atoms with E-state index < -0.39 is 0 Å². The number of para-hydroxylation sites is 1. The molecule has 31 heavy (non-hydrogen) atoms. The van der Waals surface area contributed by atoms with E-state index in [2.05, 4.69) is 50.6 Å². The molecule has 1 saturated carbocycles. The number of carbonyl (C=O) groups excluding carboxylic acids is 2. The fourth-order valence-corrected chi connectivity index (χ4v) is 4.73. The molecule has 2 aromatic rings. The molecule has 7 heteroatoms. The molecular weight excluding hydrogens is 392 g/mol. The van der Waals surface area contributed by atoms with Crippen LogP contribution in [-0.4, -0.2) is 60.2 Å². The van der Waals surface area contributed by atoms with Gasteiger partial charge in [0.25, 0.3) is 0 Å². The van der Waals surface area contributed by atoms with Crippen molar-refractivity contribution in [1.82, 2.24) is 20.1 Å². The maximum atomic E-state index is 13.5. The number of benzene rings is 1. The molecule has 0 unspecified atom stereocenters. The number of hydrogen-bond donors (Lipinski definition) is 2. The van der Waals surface area contributed by atoms with Crippen LogP contribution in [0.25, 0.3) is 10.9 Å². The Bertz CT molecular complexity index is 921. The van der Waals surface area contributed by atoms with Crippen LogP contribution in [-0.2, 0) is 27.4 Å². The zero-order chi connectivity index (χ0) is 21.8. The molecule has 2 N–H and O–H groups in total. The molecule has 1 aromatic carbocycles. The molecule has 1 aliphatic heterocycles. The lowest BCUT2D eigenvalue weighted by molar-refractivity contribution is -0.138. The highest BCUT2D eigenvalue weighted by molar-refractivity contribution is 5.85. The summed E-state index contributed by atoms with van der Waals surface area (Å²) in [6.45, 7) is 5.21. The van der Waals surface area contributed by atoms with Gasteiger partial charge in [0.15, 0.2) is 0 Å². The molecule has 2 heterocycles. The van der Waals surface area contributed by atoms with E-state index in [9.17, 15) is 9.59 Å². The number of nitrogens with zero attached hydrogens (tertiary/aromatic N) is 2. The summed E-state index contributed by atoms with van der Waals surface area (Å²) in [5, 5.41) is 7.52. The first-order valence-electron chi connectivity index (χ1n) is 11.4. The molecule has 1 aromatic heterocycles. The van der Waals surface area contributed by atoms with Crippen molar-refractivity contribution in [1.29, 1.82) is 0 Å². The van der Waals surface area contributed by atoms with Gasteiger partial charge in [0.2, 0.25) is 11.8 Å². The van der Waals surface area contributed by atoms with Gasteiger partial charge in [0, 0.05) is 76.0 Å². The molecule has 0 bridgehead atoms. The molecular formula is C24H34N4O3. The third-order valence-corrected chi connectivity index (χ3v) is 6.34. The first-order valence-corrected chi connectivity index (χ1v) is 11.4. The normalized spacial score (nSPS) is 21.2.